The van der Waals surface area contributed by atoms with Crippen molar-refractivity contribution in [2.75, 3.05) is 18.1 Å². The highest BCUT2D eigenvalue weighted by molar-refractivity contribution is 9.10. The van der Waals surface area contributed by atoms with Crippen LogP contribution < -0.4 is 9.64 Å². The first-order chi connectivity index (χ1) is 17.3. The first kappa shape index (κ1) is 25.5. The van der Waals surface area contributed by atoms with Crippen LogP contribution in [-0.2, 0) is 14.3 Å². The van der Waals surface area contributed by atoms with E-state index in [4.69, 9.17) is 9.47 Å². The summed E-state index contributed by atoms with van der Waals surface area (Å²) in [6.45, 7) is 10.3. The summed E-state index contributed by atoms with van der Waals surface area (Å²) in [6, 6.07) is 17.3. The average Bonchev–Trinajstić information content (AvgIpc) is 3.27. The molecule has 0 spiro atoms. The fourth-order valence-corrected chi connectivity index (χ4v) is 4.79. The molecule has 1 aliphatic heterocycles. The summed E-state index contributed by atoms with van der Waals surface area (Å²) < 4.78 is 13.9. The van der Waals surface area contributed by atoms with Crippen LogP contribution in [0.5, 0.6) is 5.75 Å². The van der Waals surface area contributed by atoms with Crippen molar-refractivity contribution >= 4 is 39.6 Å². The zero-order valence-corrected chi connectivity index (χ0v) is 22.7. The monoisotopic (exact) mass is 548 g/mol. The Morgan fingerprint density at radius 2 is 1.58 bits per heavy atom. The number of aromatic nitrogens is 1. The van der Waals surface area contributed by atoms with Crippen molar-refractivity contribution < 1.29 is 19.1 Å². The third-order valence-corrected chi connectivity index (χ3v) is 6.67. The lowest BCUT2D eigenvalue weighted by atomic mass is 10.0. The first-order valence-corrected chi connectivity index (χ1v) is 12.7. The molecule has 1 amide bonds. The van der Waals surface area contributed by atoms with Gasteiger partial charge in [0.1, 0.15) is 5.75 Å². The van der Waals surface area contributed by atoms with Gasteiger partial charge in [0, 0.05) is 32.9 Å². The molecule has 0 unspecified atom stereocenters. The Morgan fingerprint density at radius 3 is 2.19 bits per heavy atom. The van der Waals surface area contributed by atoms with Gasteiger partial charge in [-0.15, -0.1) is 0 Å². The second-order valence-electron chi connectivity index (χ2n) is 8.44. The SMILES string of the molecule is CCOC(=O)C1=C(C)N(c2ccc(Br)cc2)C(=O)/C1=C\c1cc(C)n(-c2ccc(OCC)cc2)c1C. The fourth-order valence-electron chi connectivity index (χ4n) is 4.53. The lowest BCUT2D eigenvalue weighted by molar-refractivity contribution is -0.138. The van der Waals surface area contributed by atoms with Gasteiger partial charge in [0.05, 0.1) is 24.4 Å². The van der Waals surface area contributed by atoms with Gasteiger partial charge < -0.3 is 14.0 Å². The molecule has 3 aromatic rings. The van der Waals surface area contributed by atoms with E-state index in [9.17, 15) is 9.59 Å². The lowest BCUT2D eigenvalue weighted by Gasteiger charge is -2.18. The van der Waals surface area contributed by atoms with Gasteiger partial charge in [0.15, 0.2) is 0 Å². The van der Waals surface area contributed by atoms with E-state index in [-0.39, 0.29) is 18.1 Å². The molecule has 0 saturated carbocycles. The molecule has 2 aromatic carbocycles. The van der Waals surface area contributed by atoms with Crippen molar-refractivity contribution in [1.82, 2.24) is 4.57 Å². The number of esters is 1. The average molecular weight is 549 g/mol. The van der Waals surface area contributed by atoms with Crippen molar-refractivity contribution in [3.05, 3.63) is 92.9 Å². The number of hydrogen-bond donors (Lipinski definition) is 0. The summed E-state index contributed by atoms with van der Waals surface area (Å²) in [6.07, 6.45) is 1.80. The summed E-state index contributed by atoms with van der Waals surface area (Å²) in [4.78, 5) is 28.2. The molecule has 2 heterocycles. The third kappa shape index (κ3) is 4.75. The van der Waals surface area contributed by atoms with Gasteiger partial charge in [0.25, 0.3) is 5.91 Å². The number of rotatable bonds is 7. The summed E-state index contributed by atoms with van der Waals surface area (Å²) in [5, 5.41) is 0. The molecule has 0 bridgehead atoms. The van der Waals surface area contributed by atoms with E-state index in [0.717, 1.165) is 32.9 Å². The second-order valence-corrected chi connectivity index (χ2v) is 9.36. The molecule has 6 nitrogen and oxygen atoms in total. The van der Waals surface area contributed by atoms with Gasteiger partial charge in [-0.05, 0) is 101 Å². The molecule has 0 radical (unpaired) electrons. The minimum absolute atomic E-state index is 0.224. The Bertz CT molecular complexity index is 1370. The predicted molar refractivity (Wildman–Crippen MR) is 145 cm³/mol. The molecule has 4 rings (SSSR count). The van der Waals surface area contributed by atoms with E-state index >= 15 is 0 Å². The van der Waals surface area contributed by atoms with Crippen LogP contribution in [0.3, 0.4) is 0 Å². The molecular weight excluding hydrogens is 520 g/mol. The highest BCUT2D eigenvalue weighted by atomic mass is 79.9. The molecule has 0 aliphatic carbocycles. The van der Waals surface area contributed by atoms with Crippen LogP contribution in [0.2, 0.25) is 0 Å². The second kappa shape index (κ2) is 10.6. The normalized spacial score (nSPS) is 14.7. The molecular formula is C29H29BrN2O4. The number of benzene rings is 2. The van der Waals surface area contributed by atoms with E-state index in [1.54, 1.807) is 24.8 Å². The highest BCUT2D eigenvalue weighted by Crippen LogP contribution is 2.37. The number of nitrogens with zero attached hydrogens (tertiary/aromatic N) is 2. The van der Waals surface area contributed by atoms with Crippen molar-refractivity contribution in [2.45, 2.75) is 34.6 Å². The summed E-state index contributed by atoms with van der Waals surface area (Å²) in [7, 11) is 0. The van der Waals surface area contributed by atoms with Crippen LogP contribution in [0.4, 0.5) is 5.69 Å². The number of carbonyl (C=O) groups is 2. The maximum atomic E-state index is 13.7. The Hall–Kier alpha value is -3.58. The van der Waals surface area contributed by atoms with Crippen LogP contribution in [-0.4, -0.2) is 29.7 Å². The highest BCUT2D eigenvalue weighted by Gasteiger charge is 2.38. The van der Waals surface area contributed by atoms with Gasteiger partial charge in [-0.3, -0.25) is 9.69 Å². The van der Waals surface area contributed by atoms with Crippen molar-refractivity contribution in [3.8, 4) is 11.4 Å². The predicted octanol–water partition coefficient (Wildman–Crippen LogP) is 6.52. The molecule has 36 heavy (non-hydrogen) atoms. The van der Waals surface area contributed by atoms with E-state index in [1.807, 2.05) is 75.4 Å². The molecule has 0 atom stereocenters. The number of allylic oxidation sites excluding steroid dienone is 1. The molecule has 1 aliphatic rings. The van der Waals surface area contributed by atoms with E-state index in [0.29, 0.717) is 23.6 Å². The fraction of sp³-hybridized carbons (Fsp3) is 0.241. The van der Waals surface area contributed by atoms with Gasteiger partial charge in [0.2, 0.25) is 0 Å². The van der Waals surface area contributed by atoms with E-state index in [2.05, 4.69) is 20.5 Å². The Kier molecular flexibility index (Phi) is 7.50. The summed E-state index contributed by atoms with van der Waals surface area (Å²) in [5.41, 5.74) is 5.66. The molecule has 7 heteroatoms. The smallest absolute Gasteiger partial charge is 0.340 e. The largest absolute Gasteiger partial charge is 0.494 e. The van der Waals surface area contributed by atoms with Crippen molar-refractivity contribution in [1.29, 1.82) is 0 Å². The maximum absolute atomic E-state index is 13.7. The third-order valence-electron chi connectivity index (χ3n) is 6.14. The van der Waals surface area contributed by atoms with Gasteiger partial charge in [-0.25, -0.2) is 4.79 Å². The van der Waals surface area contributed by atoms with Crippen LogP contribution >= 0.6 is 15.9 Å². The summed E-state index contributed by atoms with van der Waals surface area (Å²) in [5.74, 6) is 0.0496. The number of hydrogen-bond acceptors (Lipinski definition) is 4. The number of anilines is 1. The zero-order chi connectivity index (χ0) is 26.0. The molecule has 0 N–H and O–H groups in total. The number of amides is 1. The quantitative estimate of drug-likeness (QED) is 0.249. The van der Waals surface area contributed by atoms with E-state index in [1.165, 1.54) is 0 Å². The van der Waals surface area contributed by atoms with Crippen molar-refractivity contribution in [3.63, 3.8) is 0 Å². The van der Waals surface area contributed by atoms with Crippen LogP contribution in [0.15, 0.2) is 75.9 Å². The minimum atomic E-state index is -0.505. The van der Waals surface area contributed by atoms with Crippen LogP contribution in [0.25, 0.3) is 11.8 Å². The first-order valence-electron chi connectivity index (χ1n) is 11.9. The molecule has 0 saturated heterocycles. The number of aryl methyl sites for hydroxylation is 1. The van der Waals surface area contributed by atoms with Gasteiger partial charge in [-0.2, -0.15) is 0 Å². The lowest BCUT2D eigenvalue weighted by Crippen LogP contribution is -2.24. The van der Waals surface area contributed by atoms with Gasteiger partial charge in [-0.1, -0.05) is 15.9 Å². The summed E-state index contributed by atoms with van der Waals surface area (Å²) >= 11 is 3.43. The molecule has 0 fully saturated rings. The van der Waals surface area contributed by atoms with E-state index < -0.39 is 5.97 Å². The number of ether oxygens (including phenoxy) is 2. The Balaban J connectivity index is 1.79. The Labute approximate surface area is 220 Å². The minimum Gasteiger partial charge on any atom is -0.494 e. The topological polar surface area (TPSA) is 60.8 Å². The number of halogens is 1. The van der Waals surface area contributed by atoms with Crippen LogP contribution in [0.1, 0.15) is 37.7 Å². The molecule has 186 valence electrons. The van der Waals surface area contributed by atoms with Crippen LogP contribution in [0, 0.1) is 13.8 Å². The van der Waals surface area contributed by atoms with Crippen molar-refractivity contribution in [2.24, 2.45) is 0 Å². The maximum Gasteiger partial charge on any atom is 0.340 e. The number of carbonyl (C=O) groups excluding carboxylic acids is 2. The Morgan fingerprint density at radius 1 is 0.944 bits per heavy atom. The van der Waals surface area contributed by atoms with Gasteiger partial charge >= 0.3 is 5.97 Å². The standard InChI is InChI=1S/C29H29BrN2O4/c1-6-35-25-14-12-23(13-15-25)31-18(3)16-21(19(31)4)17-26-27(29(34)36-7-2)20(5)32(28(26)33)24-10-8-22(30)9-11-24/h8-17H,6-7H2,1-5H3/b26-17-. The molecule has 1 aromatic heterocycles. The zero-order valence-electron chi connectivity index (χ0n) is 21.1.